The van der Waals surface area contributed by atoms with Gasteiger partial charge in [-0.05, 0) is 25.7 Å². The Labute approximate surface area is 117 Å². The highest BCUT2D eigenvalue weighted by molar-refractivity contribution is 7.54. The van der Waals surface area contributed by atoms with Crippen molar-refractivity contribution in [2.75, 3.05) is 19.8 Å². The van der Waals surface area contributed by atoms with Crippen LogP contribution in [0, 0.1) is 5.41 Å². The SMILES string of the molecule is CCCCN(O)C(C(C)(C)C)P(=O)(OCC)OCC. The Kier molecular flexibility index (Phi) is 8.41. The summed E-state index contributed by atoms with van der Waals surface area (Å²) in [6.07, 6.45) is 1.79. The zero-order valence-corrected chi connectivity index (χ0v) is 14.1. The van der Waals surface area contributed by atoms with Crippen LogP contribution in [-0.2, 0) is 13.6 Å². The normalized spacial score (nSPS) is 14.9. The van der Waals surface area contributed by atoms with Gasteiger partial charge >= 0.3 is 7.60 Å². The highest BCUT2D eigenvalue weighted by Gasteiger charge is 2.47. The summed E-state index contributed by atoms with van der Waals surface area (Å²) < 4.78 is 23.7. The molecular formula is C13H30NO4P. The first kappa shape index (κ1) is 19.1. The lowest BCUT2D eigenvalue weighted by Crippen LogP contribution is -2.43. The molecule has 0 bridgehead atoms. The minimum Gasteiger partial charge on any atom is -0.313 e. The lowest BCUT2D eigenvalue weighted by atomic mass is 9.96. The van der Waals surface area contributed by atoms with E-state index in [-0.39, 0.29) is 0 Å². The van der Waals surface area contributed by atoms with E-state index in [1.165, 1.54) is 0 Å². The summed E-state index contributed by atoms with van der Waals surface area (Å²) in [7, 11) is -3.37. The number of hydroxylamine groups is 2. The Balaban J connectivity index is 5.25. The van der Waals surface area contributed by atoms with Gasteiger partial charge in [-0.3, -0.25) is 4.57 Å². The summed E-state index contributed by atoms with van der Waals surface area (Å²) in [6, 6.07) is 0. The molecule has 6 heteroatoms. The van der Waals surface area contributed by atoms with Gasteiger partial charge in [-0.15, -0.1) is 0 Å². The van der Waals surface area contributed by atoms with Crippen LogP contribution >= 0.6 is 7.60 Å². The maximum atomic E-state index is 12.9. The molecule has 0 aromatic heterocycles. The van der Waals surface area contributed by atoms with Crippen LogP contribution in [0.15, 0.2) is 0 Å². The van der Waals surface area contributed by atoms with Crippen LogP contribution in [0.4, 0.5) is 0 Å². The number of rotatable bonds is 9. The number of nitrogens with zero attached hydrogens (tertiary/aromatic N) is 1. The molecule has 0 aromatic rings. The van der Waals surface area contributed by atoms with E-state index in [9.17, 15) is 9.77 Å². The van der Waals surface area contributed by atoms with Crippen LogP contribution in [0.1, 0.15) is 54.4 Å². The van der Waals surface area contributed by atoms with E-state index >= 15 is 0 Å². The van der Waals surface area contributed by atoms with Gasteiger partial charge in [0.05, 0.1) is 13.2 Å². The van der Waals surface area contributed by atoms with Crippen LogP contribution in [0.5, 0.6) is 0 Å². The van der Waals surface area contributed by atoms with Crippen molar-refractivity contribution in [2.24, 2.45) is 5.41 Å². The molecule has 5 nitrogen and oxygen atoms in total. The summed E-state index contributed by atoms with van der Waals surface area (Å²) >= 11 is 0. The monoisotopic (exact) mass is 295 g/mol. The third-order valence-electron chi connectivity index (χ3n) is 2.72. The Morgan fingerprint density at radius 2 is 1.63 bits per heavy atom. The molecule has 1 N–H and O–H groups in total. The zero-order valence-electron chi connectivity index (χ0n) is 13.2. The lowest BCUT2D eigenvalue weighted by molar-refractivity contribution is -0.134. The van der Waals surface area contributed by atoms with Crippen molar-refractivity contribution in [3.63, 3.8) is 0 Å². The molecule has 0 heterocycles. The maximum absolute atomic E-state index is 12.9. The van der Waals surface area contributed by atoms with Crippen LogP contribution in [0.3, 0.4) is 0 Å². The van der Waals surface area contributed by atoms with Gasteiger partial charge in [0.1, 0.15) is 5.78 Å². The van der Waals surface area contributed by atoms with Gasteiger partial charge in [0.2, 0.25) is 0 Å². The fourth-order valence-electron chi connectivity index (χ4n) is 2.07. The average Bonchev–Trinajstić information content (AvgIpc) is 2.24. The Hall–Kier alpha value is 0.0700. The van der Waals surface area contributed by atoms with Crippen LogP contribution in [0.25, 0.3) is 0 Å². The first-order valence-corrected chi connectivity index (χ1v) is 8.68. The second-order valence-corrected chi connectivity index (χ2v) is 7.72. The maximum Gasteiger partial charge on any atom is 0.350 e. The topological polar surface area (TPSA) is 59.0 Å². The van der Waals surface area contributed by atoms with Gasteiger partial charge in [0, 0.05) is 6.54 Å². The Morgan fingerprint density at radius 3 is 1.95 bits per heavy atom. The molecule has 0 aliphatic heterocycles. The van der Waals surface area contributed by atoms with E-state index in [0.717, 1.165) is 17.9 Å². The minimum atomic E-state index is -3.37. The van der Waals surface area contributed by atoms with Crippen molar-refractivity contribution in [1.82, 2.24) is 5.06 Å². The summed E-state index contributed by atoms with van der Waals surface area (Å²) in [6.45, 7) is 12.4. The molecule has 0 fully saturated rings. The Bertz CT molecular complexity index is 281. The quantitative estimate of drug-likeness (QED) is 0.512. The molecule has 19 heavy (non-hydrogen) atoms. The van der Waals surface area contributed by atoms with Crippen molar-refractivity contribution < 1.29 is 18.8 Å². The molecular weight excluding hydrogens is 265 g/mol. The molecule has 0 aromatic carbocycles. The fourth-order valence-corrected chi connectivity index (χ4v) is 4.53. The lowest BCUT2D eigenvalue weighted by Gasteiger charge is -2.39. The van der Waals surface area contributed by atoms with E-state index in [2.05, 4.69) is 0 Å². The second kappa shape index (κ2) is 8.38. The molecule has 0 radical (unpaired) electrons. The minimum absolute atomic E-state index is 0.297. The molecule has 0 saturated carbocycles. The summed E-state index contributed by atoms with van der Waals surface area (Å²) in [5.41, 5.74) is -0.414. The summed E-state index contributed by atoms with van der Waals surface area (Å²) in [4.78, 5) is 0. The zero-order chi connectivity index (χ0) is 15.1. The summed E-state index contributed by atoms with van der Waals surface area (Å²) in [5.74, 6) is -0.661. The summed E-state index contributed by atoms with van der Waals surface area (Å²) in [5, 5.41) is 11.4. The molecule has 0 rings (SSSR count). The first-order chi connectivity index (χ1) is 8.72. The molecule has 0 amide bonds. The van der Waals surface area contributed by atoms with Crippen LogP contribution < -0.4 is 0 Å². The van der Waals surface area contributed by atoms with Crippen molar-refractivity contribution in [1.29, 1.82) is 0 Å². The van der Waals surface area contributed by atoms with Crippen molar-refractivity contribution in [3.8, 4) is 0 Å². The van der Waals surface area contributed by atoms with E-state index in [0.29, 0.717) is 19.8 Å². The fraction of sp³-hybridized carbons (Fsp3) is 1.00. The number of unbranched alkanes of at least 4 members (excludes halogenated alkanes) is 1. The molecule has 0 aliphatic carbocycles. The molecule has 0 spiro atoms. The molecule has 1 atom stereocenters. The van der Waals surface area contributed by atoms with E-state index in [1.54, 1.807) is 13.8 Å². The molecule has 0 saturated heterocycles. The van der Waals surface area contributed by atoms with Gasteiger partial charge in [-0.25, -0.2) is 0 Å². The average molecular weight is 295 g/mol. The second-order valence-electron chi connectivity index (χ2n) is 5.63. The third kappa shape index (κ3) is 5.92. The van der Waals surface area contributed by atoms with Gasteiger partial charge in [-0.1, -0.05) is 34.1 Å². The standard InChI is InChI=1S/C13H30NO4P/c1-7-10-11-14(15)12(13(4,5)6)19(16,17-8-2)18-9-3/h12,15H,7-11H2,1-6H3. The predicted octanol–water partition coefficient (Wildman–Crippen LogP) is 4.12. The predicted molar refractivity (Wildman–Crippen MR) is 77.5 cm³/mol. The molecule has 1 unspecified atom stereocenters. The smallest absolute Gasteiger partial charge is 0.313 e. The molecule has 0 aliphatic rings. The van der Waals surface area contributed by atoms with Gasteiger partial charge in [0.25, 0.3) is 0 Å². The first-order valence-electron chi connectivity index (χ1n) is 7.07. The highest BCUT2D eigenvalue weighted by atomic mass is 31.2. The number of hydrogen-bond acceptors (Lipinski definition) is 5. The van der Waals surface area contributed by atoms with E-state index in [1.807, 2.05) is 27.7 Å². The van der Waals surface area contributed by atoms with Crippen LogP contribution in [-0.4, -0.2) is 35.8 Å². The van der Waals surface area contributed by atoms with Crippen LogP contribution in [0.2, 0.25) is 0 Å². The number of hydrogen-bond donors (Lipinski definition) is 1. The van der Waals surface area contributed by atoms with Gasteiger partial charge < -0.3 is 14.3 Å². The van der Waals surface area contributed by atoms with Crippen molar-refractivity contribution in [3.05, 3.63) is 0 Å². The highest BCUT2D eigenvalue weighted by Crippen LogP contribution is 2.59. The molecule has 116 valence electrons. The largest absolute Gasteiger partial charge is 0.350 e. The Morgan fingerprint density at radius 1 is 1.16 bits per heavy atom. The van der Waals surface area contributed by atoms with Gasteiger partial charge in [-0.2, -0.15) is 5.06 Å². The van der Waals surface area contributed by atoms with Gasteiger partial charge in [0.15, 0.2) is 0 Å². The van der Waals surface area contributed by atoms with E-state index in [4.69, 9.17) is 9.05 Å². The van der Waals surface area contributed by atoms with Crippen molar-refractivity contribution >= 4 is 7.60 Å². The third-order valence-corrected chi connectivity index (χ3v) is 5.59. The van der Waals surface area contributed by atoms with E-state index < -0.39 is 18.8 Å². The van der Waals surface area contributed by atoms with Crippen molar-refractivity contribution in [2.45, 2.75) is 60.2 Å².